The van der Waals surface area contributed by atoms with Gasteiger partial charge in [0.15, 0.2) is 0 Å². The summed E-state index contributed by atoms with van der Waals surface area (Å²) in [5, 5.41) is 4.51. The molecule has 1 aliphatic carbocycles. The molecule has 1 N–H and O–H groups in total. The molecule has 0 radical (unpaired) electrons. The number of nitrogens with zero attached hydrogens (tertiary/aromatic N) is 4. The van der Waals surface area contributed by atoms with Crippen LogP contribution in [-0.4, -0.2) is 67.7 Å². The summed E-state index contributed by atoms with van der Waals surface area (Å²) in [4.78, 5) is 2.42. The molecule has 2 aliphatic rings. The quantitative estimate of drug-likeness (QED) is 0.736. The Morgan fingerprint density at radius 3 is 2.55 bits per heavy atom. The number of hydrogen-bond donors (Lipinski definition) is 1. The molecule has 3 atom stereocenters. The smallest absolute Gasteiger partial charge is 0.279 e. The fourth-order valence-electron chi connectivity index (χ4n) is 4.57. The fourth-order valence-corrected chi connectivity index (χ4v) is 5.51. The highest BCUT2D eigenvalue weighted by Gasteiger charge is 2.43. The van der Waals surface area contributed by atoms with E-state index in [1.54, 1.807) is 21.2 Å². The lowest BCUT2D eigenvalue weighted by Gasteiger charge is -2.38. The van der Waals surface area contributed by atoms with Crippen molar-refractivity contribution in [3.05, 3.63) is 42.2 Å². The number of piperidine rings is 1. The maximum Gasteiger partial charge on any atom is 0.279 e. The predicted molar refractivity (Wildman–Crippen MR) is 111 cm³/mol. The molecule has 1 unspecified atom stereocenters. The van der Waals surface area contributed by atoms with Crippen LogP contribution in [0.5, 0.6) is 5.75 Å². The zero-order valence-electron chi connectivity index (χ0n) is 17.2. The molecule has 1 saturated carbocycles. The maximum absolute atomic E-state index is 12.3. The van der Waals surface area contributed by atoms with Crippen molar-refractivity contribution in [3.63, 3.8) is 0 Å². The number of nitrogens with one attached hydrogen (secondary N) is 1. The third-order valence-corrected chi connectivity index (χ3v) is 7.58. The highest BCUT2D eigenvalue weighted by molar-refractivity contribution is 7.87. The SMILES string of the molecule is COc1ccccc1-n1cc(CN2C[C@H]3CC[C@@H](C2)C3NS(=O)(=O)N(C)C)cn1. The number of rotatable bonds is 7. The second-order valence-electron chi connectivity index (χ2n) is 8.19. The molecule has 1 saturated heterocycles. The van der Waals surface area contributed by atoms with Gasteiger partial charge in [-0.3, -0.25) is 4.90 Å². The molecule has 2 bridgehead atoms. The van der Waals surface area contributed by atoms with Gasteiger partial charge in [0.1, 0.15) is 11.4 Å². The number of hydrogen-bond acceptors (Lipinski definition) is 5. The van der Waals surface area contributed by atoms with E-state index in [1.165, 1.54) is 4.31 Å². The van der Waals surface area contributed by atoms with Crippen molar-refractivity contribution in [3.8, 4) is 11.4 Å². The highest BCUT2D eigenvalue weighted by Crippen LogP contribution is 2.38. The van der Waals surface area contributed by atoms with Crippen molar-refractivity contribution in [1.82, 2.24) is 23.7 Å². The first kappa shape index (κ1) is 20.3. The molecule has 1 aromatic heterocycles. The normalized spacial score (nSPS) is 24.9. The molecule has 1 aromatic carbocycles. The van der Waals surface area contributed by atoms with Crippen molar-refractivity contribution in [2.45, 2.75) is 25.4 Å². The van der Waals surface area contributed by atoms with E-state index in [1.807, 2.05) is 41.3 Å². The summed E-state index contributed by atoms with van der Waals surface area (Å²) < 4.78 is 36.0. The first-order valence-electron chi connectivity index (χ1n) is 9.96. The van der Waals surface area contributed by atoms with Crippen LogP contribution >= 0.6 is 0 Å². The van der Waals surface area contributed by atoms with Crippen molar-refractivity contribution < 1.29 is 13.2 Å². The Morgan fingerprint density at radius 1 is 1.21 bits per heavy atom. The summed E-state index contributed by atoms with van der Waals surface area (Å²) >= 11 is 0. The highest BCUT2D eigenvalue weighted by atomic mass is 32.2. The standard InChI is InChI=1S/C20H29N5O3S/c1-23(2)29(26,27)22-20-16-8-9-17(20)14-24(13-16)11-15-10-21-25(12-15)18-6-4-5-7-19(18)28-3/h4-7,10,12,16-17,20,22H,8-9,11,13-14H2,1-3H3/t16-,17+,20?. The summed E-state index contributed by atoms with van der Waals surface area (Å²) in [6, 6.07) is 7.86. The van der Waals surface area contributed by atoms with Gasteiger partial charge in [-0.2, -0.15) is 22.5 Å². The maximum atomic E-state index is 12.3. The molecule has 9 heteroatoms. The lowest BCUT2D eigenvalue weighted by molar-refractivity contribution is 0.133. The van der Waals surface area contributed by atoms with Crippen LogP contribution in [0.3, 0.4) is 0 Å². The number of para-hydroxylation sites is 2. The minimum atomic E-state index is -3.39. The van der Waals surface area contributed by atoms with Gasteiger partial charge in [0.05, 0.1) is 13.3 Å². The summed E-state index contributed by atoms with van der Waals surface area (Å²) in [5.74, 6) is 1.50. The van der Waals surface area contributed by atoms with Gasteiger partial charge in [-0.05, 0) is 36.8 Å². The fraction of sp³-hybridized carbons (Fsp3) is 0.550. The Balaban J connectivity index is 1.42. The average molecular weight is 420 g/mol. The van der Waals surface area contributed by atoms with E-state index in [4.69, 9.17) is 4.74 Å². The Bertz CT molecular complexity index is 945. The molecule has 1 aliphatic heterocycles. The van der Waals surface area contributed by atoms with Crippen LogP contribution in [0.4, 0.5) is 0 Å². The largest absolute Gasteiger partial charge is 0.494 e. The molecule has 2 heterocycles. The second kappa shape index (κ2) is 8.06. The third-order valence-electron chi connectivity index (χ3n) is 6.05. The molecular formula is C20H29N5O3S. The van der Waals surface area contributed by atoms with Crippen LogP contribution in [0.25, 0.3) is 5.69 Å². The van der Waals surface area contributed by atoms with E-state index in [2.05, 4.69) is 14.7 Å². The van der Waals surface area contributed by atoms with Crippen molar-refractivity contribution in [1.29, 1.82) is 0 Å². The number of aromatic nitrogens is 2. The molecule has 158 valence electrons. The van der Waals surface area contributed by atoms with Crippen LogP contribution in [0, 0.1) is 11.8 Å². The molecule has 8 nitrogen and oxygen atoms in total. The lowest BCUT2D eigenvalue weighted by Crippen LogP contribution is -2.54. The van der Waals surface area contributed by atoms with Crippen LogP contribution < -0.4 is 9.46 Å². The lowest BCUT2D eigenvalue weighted by atomic mass is 9.93. The van der Waals surface area contributed by atoms with Crippen LogP contribution in [0.15, 0.2) is 36.7 Å². The predicted octanol–water partition coefficient (Wildman–Crippen LogP) is 1.49. The van der Waals surface area contributed by atoms with Crippen molar-refractivity contribution in [2.24, 2.45) is 11.8 Å². The third kappa shape index (κ3) is 4.18. The van der Waals surface area contributed by atoms with Crippen LogP contribution in [-0.2, 0) is 16.8 Å². The summed E-state index contributed by atoms with van der Waals surface area (Å²) in [6.45, 7) is 2.61. The van der Waals surface area contributed by atoms with Gasteiger partial charge in [-0.1, -0.05) is 12.1 Å². The van der Waals surface area contributed by atoms with Crippen molar-refractivity contribution >= 4 is 10.2 Å². The Kier molecular flexibility index (Phi) is 5.65. The van der Waals surface area contributed by atoms with Gasteiger partial charge >= 0.3 is 0 Å². The summed E-state index contributed by atoms with van der Waals surface area (Å²) in [6.07, 6.45) is 6.08. The number of ether oxygens (including phenoxy) is 1. The topological polar surface area (TPSA) is 79.7 Å². The molecule has 29 heavy (non-hydrogen) atoms. The Labute approximate surface area is 172 Å². The van der Waals surface area contributed by atoms with Gasteiger partial charge in [-0.15, -0.1) is 0 Å². The second-order valence-corrected chi connectivity index (χ2v) is 10.1. The molecule has 4 rings (SSSR count). The van der Waals surface area contributed by atoms with E-state index in [9.17, 15) is 8.42 Å². The van der Waals surface area contributed by atoms with Gasteiger partial charge in [0, 0.05) is 51.5 Å². The monoisotopic (exact) mass is 419 g/mol. The van der Waals surface area contributed by atoms with E-state index in [0.717, 1.165) is 49.5 Å². The Morgan fingerprint density at radius 2 is 1.90 bits per heavy atom. The van der Waals surface area contributed by atoms with E-state index in [0.29, 0.717) is 11.8 Å². The van der Waals surface area contributed by atoms with E-state index < -0.39 is 10.2 Å². The van der Waals surface area contributed by atoms with Gasteiger partial charge in [-0.25, -0.2) is 4.68 Å². The van der Waals surface area contributed by atoms with E-state index in [-0.39, 0.29) is 6.04 Å². The van der Waals surface area contributed by atoms with Gasteiger partial charge in [0.25, 0.3) is 10.2 Å². The zero-order chi connectivity index (χ0) is 20.6. The molecular weight excluding hydrogens is 390 g/mol. The number of methoxy groups -OCH3 is 1. The minimum Gasteiger partial charge on any atom is -0.494 e. The van der Waals surface area contributed by atoms with Gasteiger partial charge < -0.3 is 4.74 Å². The van der Waals surface area contributed by atoms with Crippen LogP contribution in [0.2, 0.25) is 0 Å². The summed E-state index contributed by atoms with van der Waals surface area (Å²) in [5.41, 5.74) is 2.06. The number of fused-ring (bicyclic) bond motifs is 2. The molecule has 0 amide bonds. The first-order valence-corrected chi connectivity index (χ1v) is 11.4. The molecule has 2 aromatic rings. The molecule has 2 fully saturated rings. The Hall–Kier alpha value is -1.94. The van der Waals surface area contributed by atoms with Crippen LogP contribution in [0.1, 0.15) is 18.4 Å². The number of benzene rings is 1. The minimum absolute atomic E-state index is 0.0370. The first-order chi connectivity index (χ1) is 13.9. The van der Waals surface area contributed by atoms with Crippen molar-refractivity contribution in [2.75, 3.05) is 34.3 Å². The van der Waals surface area contributed by atoms with Gasteiger partial charge in [0.2, 0.25) is 0 Å². The van der Waals surface area contributed by atoms with E-state index >= 15 is 0 Å². The average Bonchev–Trinajstić information content (AvgIpc) is 3.23. The number of likely N-dealkylation sites (tertiary alicyclic amines) is 1. The summed E-state index contributed by atoms with van der Waals surface area (Å²) in [7, 11) is 1.40. The zero-order valence-corrected chi connectivity index (χ0v) is 18.0. The molecule has 0 spiro atoms.